The third-order valence-corrected chi connectivity index (χ3v) is 2.18. The molecular formula is C11H16ClNO. The summed E-state index contributed by atoms with van der Waals surface area (Å²) in [6.45, 7) is 6.85. The van der Waals surface area contributed by atoms with Crippen molar-refractivity contribution in [2.75, 3.05) is 0 Å². The molecule has 0 atom stereocenters. The van der Waals surface area contributed by atoms with Gasteiger partial charge in [0, 0.05) is 17.6 Å². The number of phenols is 1. The van der Waals surface area contributed by atoms with Crippen LogP contribution in [0.5, 0.6) is 5.75 Å². The maximum absolute atomic E-state index is 9.62. The molecule has 1 rings (SSSR count). The van der Waals surface area contributed by atoms with E-state index in [9.17, 15) is 5.11 Å². The van der Waals surface area contributed by atoms with Crippen LogP contribution >= 0.6 is 11.6 Å². The van der Waals surface area contributed by atoms with E-state index >= 15 is 0 Å². The van der Waals surface area contributed by atoms with E-state index in [-0.39, 0.29) is 11.3 Å². The number of benzene rings is 1. The van der Waals surface area contributed by atoms with Crippen LogP contribution in [0.25, 0.3) is 0 Å². The molecule has 0 radical (unpaired) electrons. The van der Waals surface area contributed by atoms with Crippen molar-refractivity contribution in [1.29, 1.82) is 0 Å². The van der Waals surface area contributed by atoms with Crippen LogP contribution in [0.2, 0.25) is 5.02 Å². The van der Waals surface area contributed by atoms with Crippen molar-refractivity contribution >= 4 is 11.6 Å². The van der Waals surface area contributed by atoms with Gasteiger partial charge in [0.05, 0.1) is 5.02 Å². The second kappa shape index (κ2) is 4.20. The van der Waals surface area contributed by atoms with Crippen LogP contribution in [0.1, 0.15) is 26.3 Å². The predicted octanol–water partition coefficient (Wildman–Crippen LogP) is 2.93. The Bertz CT molecular complexity index is 318. The fourth-order valence-corrected chi connectivity index (χ4v) is 1.26. The van der Waals surface area contributed by atoms with E-state index in [0.717, 1.165) is 5.56 Å². The van der Waals surface area contributed by atoms with Crippen LogP contribution in [0.15, 0.2) is 18.2 Å². The molecule has 0 fully saturated rings. The van der Waals surface area contributed by atoms with Crippen molar-refractivity contribution in [3.8, 4) is 5.75 Å². The van der Waals surface area contributed by atoms with Gasteiger partial charge in [-0.05, 0) is 26.8 Å². The van der Waals surface area contributed by atoms with Crippen molar-refractivity contribution in [3.05, 3.63) is 28.8 Å². The molecule has 1 aromatic rings. The number of phenolic OH excluding ortho intramolecular Hbond substituents is 1. The Balaban J connectivity index is 2.73. The van der Waals surface area contributed by atoms with E-state index in [1.807, 2.05) is 12.1 Å². The molecule has 0 saturated carbocycles. The Morgan fingerprint density at radius 3 is 2.57 bits per heavy atom. The van der Waals surface area contributed by atoms with Crippen molar-refractivity contribution < 1.29 is 5.11 Å². The Kier molecular flexibility index (Phi) is 3.40. The molecule has 0 aliphatic carbocycles. The Hall–Kier alpha value is -0.730. The van der Waals surface area contributed by atoms with Crippen LogP contribution in [0.3, 0.4) is 0 Å². The quantitative estimate of drug-likeness (QED) is 0.792. The fourth-order valence-electron chi connectivity index (χ4n) is 1.06. The zero-order valence-electron chi connectivity index (χ0n) is 8.76. The lowest BCUT2D eigenvalue weighted by Gasteiger charge is -2.21. The number of rotatable bonds is 2. The first-order chi connectivity index (χ1) is 6.40. The summed E-state index contributed by atoms with van der Waals surface area (Å²) in [6, 6.07) is 5.37. The Labute approximate surface area is 89.9 Å². The van der Waals surface area contributed by atoms with Gasteiger partial charge in [-0.15, -0.1) is 0 Å². The summed E-state index contributed by atoms with van der Waals surface area (Å²) < 4.78 is 0. The number of para-hydroxylation sites is 1. The minimum Gasteiger partial charge on any atom is -0.506 e. The molecule has 0 saturated heterocycles. The van der Waals surface area contributed by atoms with Gasteiger partial charge < -0.3 is 10.4 Å². The summed E-state index contributed by atoms with van der Waals surface area (Å²) in [5.41, 5.74) is 0.863. The standard InChI is InChI=1S/C11H16ClNO/c1-11(2,3)13-7-8-5-4-6-9(12)10(8)14/h4-6,13-14H,7H2,1-3H3. The first-order valence-electron chi connectivity index (χ1n) is 4.61. The highest BCUT2D eigenvalue weighted by atomic mass is 35.5. The second-order valence-corrected chi connectivity index (χ2v) is 4.76. The van der Waals surface area contributed by atoms with Crippen LogP contribution in [-0.4, -0.2) is 10.6 Å². The molecule has 1 aromatic carbocycles. The van der Waals surface area contributed by atoms with Crippen molar-refractivity contribution in [2.24, 2.45) is 0 Å². The lowest BCUT2D eigenvalue weighted by molar-refractivity contribution is 0.412. The van der Waals surface area contributed by atoms with Gasteiger partial charge in [-0.1, -0.05) is 23.7 Å². The van der Waals surface area contributed by atoms with Gasteiger partial charge in [-0.25, -0.2) is 0 Å². The first-order valence-corrected chi connectivity index (χ1v) is 4.99. The molecule has 0 aliphatic rings. The minimum absolute atomic E-state index is 0.0365. The average Bonchev–Trinajstić information content (AvgIpc) is 2.06. The summed E-state index contributed by atoms with van der Waals surface area (Å²) in [5.74, 6) is 0.172. The normalized spacial score (nSPS) is 11.7. The molecule has 2 nitrogen and oxygen atoms in total. The van der Waals surface area contributed by atoms with Crippen LogP contribution in [-0.2, 0) is 6.54 Å². The third-order valence-electron chi connectivity index (χ3n) is 1.88. The molecule has 0 bridgehead atoms. The van der Waals surface area contributed by atoms with Crippen LogP contribution in [0, 0.1) is 0 Å². The zero-order chi connectivity index (χ0) is 10.8. The van der Waals surface area contributed by atoms with E-state index in [4.69, 9.17) is 11.6 Å². The van der Waals surface area contributed by atoms with Crippen molar-refractivity contribution in [2.45, 2.75) is 32.9 Å². The SMILES string of the molecule is CC(C)(C)NCc1cccc(Cl)c1O. The summed E-state index contributed by atoms with van der Waals surface area (Å²) in [6.07, 6.45) is 0. The van der Waals surface area contributed by atoms with E-state index < -0.39 is 0 Å². The predicted molar refractivity (Wildman–Crippen MR) is 59.7 cm³/mol. The number of hydrogen-bond donors (Lipinski definition) is 2. The highest BCUT2D eigenvalue weighted by Gasteiger charge is 2.11. The zero-order valence-corrected chi connectivity index (χ0v) is 9.52. The highest BCUT2D eigenvalue weighted by Crippen LogP contribution is 2.26. The summed E-state index contributed by atoms with van der Waals surface area (Å²) in [4.78, 5) is 0. The number of nitrogens with one attached hydrogen (secondary N) is 1. The molecule has 2 N–H and O–H groups in total. The van der Waals surface area contributed by atoms with E-state index in [0.29, 0.717) is 11.6 Å². The molecule has 78 valence electrons. The molecule has 0 aromatic heterocycles. The number of hydrogen-bond acceptors (Lipinski definition) is 2. The number of halogens is 1. The third kappa shape index (κ3) is 3.20. The summed E-state index contributed by atoms with van der Waals surface area (Å²) in [7, 11) is 0. The van der Waals surface area contributed by atoms with Gasteiger partial charge >= 0.3 is 0 Å². The smallest absolute Gasteiger partial charge is 0.138 e. The molecule has 0 aliphatic heterocycles. The van der Waals surface area contributed by atoms with E-state index in [2.05, 4.69) is 26.1 Å². The molecular weight excluding hydrogens is 198 g/mol. The molecule has 0 amide bonds. The van der Waals surface area contributed by atoms with E-state index in [1.165, 1.54) is 0 Å². The average molecular weight is 214 g/mol. The first kappa shape index (κ1) is 11.3. The van der Waals surface area contributed by atoms with Gasteiger partial charge in [-0.3, -0.25) is 0 Å². The Morgan fingerprint density at radius 2 is 2.00 bits per heavy atom. The second-order valence-electron chi connectivity index (χ2n) is 4.35. The fraction of sp³-hybridized carbons (Fsp3) is 0.455. The van der Waals surface area contributed by atoms with Crippen molar-refractivity contribution in [1.82, 2.24) is 5.32 Å². The molecule has 0 unspecified atom stereocenters. The minimum atomic E-state index is 0.0365. The molecule has 14 heavy (non-hydrogen) atoms. The highest BCUT2D eigenvalue weighted by molar-refractivity contribution is 6.32. The van der Waals surface area contributed by atoms with Gasteiger partial charge in [0.2, 0.25) is 0 Å². The molecule has 0 spiro atoms. The topological polar surface area (TPSA) is 32.3 Å². The summed E-state index contributed by atoms with van der Waals surface area (Å²) in [5, 5.41) is 13.3. The monoisotopic (exact) mass is 213 g/mol. The van der Waals surface area contributed by atoms with Gasteiger partial charge in [-0.2, -0.15) is 0 Å². The van der Waals surface area contributed by atoms with E-state index in [1.54, 1.807) is 6.07 Å². The van der Waals surface area contributed by atoms with Gasteiger partial charge in [0.25, 0.3) is 0 Å². The Morgan fingerprint density at radius 1 is 1.36 bits per heavy atom. The van der Waals surface area contributed by atoms with Crippen molar-refractivity contribution in [3.63, 3.8) is 0 Å². The van der Waals surface area contributed by atoms with Gasteiger partial charge in [0.15, 0.2) is 0 Å². The van der Waals surface area contributed by atoms with Crippen LogP contribution < -0.4 is 5.32 Å². The summed E-state index contributed by atoms with van der Waals surface area (Å²) >= 11 is 5.79. The van der Waals surface area contributed by atoms with Crippen LogP contribution in [0.4, 0.5) is 0 Å². The van der Waals surface area contributed by atoms with Gasteiger partial charge in [0.1, 0.15) is 5.75 Å². The maximum atomic E-state index is 9.62. The molecule has 0 heterocycles. The lowest BCUT2D eigenvalue weighted by Crippen LogP contribution is -2.35. The number of aromatic hydroxyl groups is 1. The maximum Gasteiger partial charge on any atom is 0.138 e. The largest absolute Gasteiger partial charge is 0.506 e. The molecule has 3 heteroatoms. The lowest BCUT2D eigenvalue weighted by atomic mass is 10.1.